The van der Waals surface area contributed by atoms with Gasteiger partial charge in [-0.05, 0) is 18.1 Å². The fraction of sp³-hybridized carbons (Fsp3) is 0.316. The van der Waals surface area contributed by atoms with E-state index in [9.17, 15) is 0 Å². The molecule has 2 N–H and O–H groups in total. The Kier molecular flexibility index (Phi) is 6.01. The molecule has 0 radical (unpaired) electrons. The Morgan fingerprint density at radius 3 is 2.62 bits per heavy atom. The molecule has 0 aliphatic rings. The highest BCUT2D eigenvalue weighted by Gasteiger charge is 2.08. The van der Waals surface area contributed by atoms with Gasteiger partial charge in [0.2, 0.25) is 5.89 Å². The van der Waals surface area contributed by atoms with Crippen molar-refractivity contribution in [2.75, 3.05) is 7.05 Å². The van der Waals surface area contributed by atoms with E-state index < -0.39 is 0 Å². The third kappa shape index (κ3) is 4.70. The first kappa shape index (κ1) is 18.1. The number of thiazole rings is 1. The van der Waals surface area contributed by atoms with Gasteiger partial charge in [-0.1, -0.05) is 32.0 Å². The number of nitrogens with one attached hydrogen (secondary N) is 2. The third-order valence-corrected chi connectivity index (χ3v) is 4.67. The van der Waals surface area contributed by atoms with E-state index in [0.717, 1.165) is 22.0 Å². The molecule has 0 atom stereocenters. The SMILES string of the molecule is CN=C(NCc1coc(-c2ccccc2)n1)NCc1nc(C(C)C)cs1. The van der Waals surface area contributed by atoms with Gasteiger partial charge in [-0.25, -0.2) is 9.97 Å². The predicted octanol–water partition coefficient (Wildman–Crippen LogP) is 3.79. The van der Waals surface area contributed by atoms with Crippen LogP contribution in [0.2, 0.25) is 0 Å². The van der Waals surface area contributed by atoms with Crippen molar-refractivity contribution < 1.29 is 4.42 Å². The van der Waals surface area contributed by atoms with Gasteiger partial charge >= 0.3 is 0 Å². The average molecular weight is 369 g/mol. The van der Waals surface area contributed by atoms with E-state index in [1.54, 1.807) is 24.6 Å². The van der Waals surface area contributed by atoms with Crippen molar-refractivity contribution in [1.29, 1.82) is 0 Å². The van der Waals surface area contributed by atoms with Crippen LogP contribution in [0.5, 0.6) is 0 Å². The van der Waals surface area contributed by atoms with Gasteiger partial charge in [0.25, 0.3) is 0 Å². The number of nitrogens with zero attached hydrogens (tertiary/aromatic N) is 3. The minimum absolute atomic E-state index is 0.448. The summed E-state index contributed by atoms with van der Waals surface area (Å²) < 4.78 is 5.55. The topological polar surface area (TPSA) is 75.3 Å². The summed E-state index contributed by atoms with van der Waals surface area (Å²) in [5.41, 5.74) is 2.92. The highest BCUT2D eigenvalue weighted by atomic mass is 32.1. The summed E-state index contributed by atoms with van der Waals surface area (Å²) in [7, 11) is 1.74. The van der Waals surface area contributed by atoms with E-state index in [2.05, 4.69) is 44.8 Å². The molecular weight excluding hydrogens is 346 g/mol. The molecule has 3 aromatic rings. The Balaban J connectivity index is 1.52. The van der Waals surface area contributed by atoms with Crippen LogP contribution < -0.4 is 10.6 Å². The highest BCUT2D eigenvalue weighted by molar-refractivity contribution is 7.09. The summed E-state index contributed by atoms with van der Waals surface area (Å²) >= 11 is 1.66. The Labute approximate surface area is 157 Å². The molecule has 2 heterocycles. The zero-order valence-electron chi connectivity index (χ0n) is 15.2. The maximum Gasteiger partial charge on any atom is 0.226 e. The van der Waals surface area contributed by atoms with E-state index in [1.165, 1.54) is 0 Å². The number of hydrogen-bond acceptors (Lipinski definition) is 5. The average Bonchev–Trinajstić information content (AvgIpc) is 3.32. The zero-order valence-corrected chi connectivity index (χ0v) is 16.0. The molecule has 0 aliphatic carbocycles. The normalized spacial score (nSPS) is 11.8. The number of benzene rings is 1. The second-order valence-corrected chi connectivity index (χ2v) is 7.05. The number of rotatable bonds is 6. The molecule has 6 nitrogen and oxygen atoms in total. The van der Waals surface area contributed by atoms with E-state index in [-0.39, 0.29) is 0 Å². The molecule has 0 saturated heterocycles. The first-order valence-corrected chi connectivity index (χ1v) is 9.42. The minimum Gasteiger partial charge on any atom is -0.444 e. The summed E-state index contributed by atoms with van der Waals surface area (Å²) in [6.07, 6.45) is 1.67. The smallest absolute Gasteiger partial charge is 0.226 e. The number of oxazole rings is 1. The third-order valence-electron chi connectivity index (χ3n) is 3.80. The van der Waals surface area contributed by atoms with Crippen LogP contribution in [0.4, 0.5) is 0 Å². The van der Waals surface area contributed by atoms with Gasteiger partial charge in [0.15, 0.2) is 5.96 Å². The van der Waals surface area contributed by atoms with E-state index in [0.29, 0.717) is 30.9 Å². The first-order valence-electron chi connectivity index (χ1n) is 8.54. The Morgan fingerprint density at radius 1 is 1.15 bits per heavy atom. The lowest BCUT2D eigenvalue weighted by Crippen LogP contribution is -2.36. The molecular formula is C19H23N5OS. The van der Waals surface area contributed by atoms with Gasteiger partial charge in [0, 0.05) is 18.0 Å². The molecule has 0 unspecified atom stereocenters. The second-order valence-electron chi connectivity index (χ2n) is 6.11. The summed E-state index contributed by atoms with van der Waals surface area (Å²) in [4.78, 5) is 13.4. The summed E-state index contributed by atoms with van der Waals surface area (Å²) in [5.74, 6) is 1.77. The van der Waals surface area contributed by atoms with E-state index in [1.807, 2.05) is 30.3 Å². The van der Waals surface area contributed by atoms with Crippen molar-refractivity contribution in [3.8, 4) is 11.5 Å². The summed E-state index contributed by atoms with van der Waals surface area (Å²) in [6, 6.07) is 9.85. The largest absolute Gasteiger partial charge is 0.444 e. The van der Waals surface area contributed by atoms with E-state index >= 15 is 0 Å². The van der Waals surface area contributed by atoms with Gasteiger partial charge in [0.1, 0.15) is 11.3 Å². The van der Waals surface area contributed by atoms with Crippen LogP contribution in [0, 0.1) is 0 Å². The molecule has 26 heavy (non-hydrogen) atoms. The quantitative estimate of drug-likeness (QED) is 0.511. The fourth-order valence-corrected chi connectivity index (χ4v) is 3.22. The Hall–Kier alpha value is -2.67. The fourth-order valence-electron chi connectivity index (χ4n) is 2.33. The van der Waals surface area contributed by atoms with Crippen LogP contribution in [-0.2, 0) is 13.1 Å². The van der Waals surface area contributed by atoms with Crippen molar-refractivity contribution in [2.24, 2.45) is 4.99 Å². The number of guanidine groups is 1. The van der Waals surface area contributed by atoms with Gasteiger partial charge in [-0.15, -0.1) is 11.3 Å². The van der Waals surface area contributed by atoms with Gasteiger partial charge in [0.05, 0.1) is 24.5 Å². The van der Waals surface area contributed by atoms with Gasteiger partial charge in [-0.2, -0.15) is 0 Å². The molecule has 0 bridgehead atoms. The van der Waals surface area contributed by atoms with Crippen LogP contribution >= 0.6 is 11.3 Å². The van der Waals surface area contributed by atoms with Crippen LogP contribution in [0.15, 0.2) is 51.4 Å². The highest BCUT2D eigenvalue weighted by Crippen LogP contribution is 2.18. The molecule has 0 spiro atoms. The Morgan fingerprint density at radius 2 is 1.92 bits per heavy atom. The first-order chi connectivity index (χ1) is 12.7. The van der Waals surface area contributed by atoms with Crippen LogP contribution in [0.25, 0.3) is 11.5 Å². The van der Waals surface area contributed by atoms with Crippen LogP contribution in [0.1, 0.15) is 36.2 Å². The minimum atomic E-state index is 0.448. The second kappa shape index (κ2) is 8.62. The van der Waals surface area contributed by atoms with Gasteiger partial charge < -0.3 is 15.1 Å². The molecule has 7 heteroatoms. The zero-order chi connectivity index (χ0) is 18.4. The Bertz CT molecular complexity index is 854. The molecule has 2 aromatic heterocycles. The lowest BCUT2D eigenvalue weighted by Gasteiger charge is -2.09. The summed E-state index contributed by atoms with van der Waals surface area (Å²) in [6.45, 7) is 5.47. The molecule has 0 amide bonds. The number of aliphatic imine (C=N–C) groups is 1. The van der Waals surface area contributed by atoms with Gasteiger partial charge in [-0.3, -0.25) is 4.99 Å². The standard InChI is InChI=1S/C19H23N5OS/c1-13(2)16-12-26-17(24-16)10-22-19(20-3)21-9-15-11-25-18(23-15)14-7-5-4-6-8-14/h4-8,11-13H,9-10H2,1-3H3,(H2,20,21,22). The van der Waals surface area contributed by atoms with Crippen molar-refractivity contribution in [3.63, 3.8) is 0 Å². The van der Waals surface area contributed by atoms with Crippen molar-refractivity contribution in [2.45, 2.75) is 32.9 Å². The van der Waals surface area contributed by atoms with Crippen LogP contribution in [-0.4, -0.2) is 23.0 Å². The lowest BCUT2D eigenvalue weighted by atomic mass is 10.2. The predicted molar refractivity (Wildman–Crippen MR) is 105 cm³/mol. The molecule has 0 aliphatic heterocycles. The number of hydrogen-bond donors (Lipinski definition) is 2. The van der Waals surface area contributed by atoms with E-state index in [4.69, 9.17) is 4.42 Å². The molecule has 0 fully saturated rings. The summed E-state index contributed by atoms with van der Waals surface area (Å²) in [5, 5.41) is 9.67. The van der Waals surface area contributed by atoms with Crippen LogP contribution in [0.3, 0.4) is 0 Å². The lowest BCUT2D eigenvalue weighted by molar-refractivity contribution is 0.572. The molecule has 0 saturated carbocycles. The van der Waals surface area contributed by atoms with Crippen molar-refractivity contribution >= 4 is 17.3 Å². The monoisotopic (exact) mass is 369 g/mol. The van der Waals surface area contributed by atoms with Crippen molar-refractivity contribution in [1.82, 2.24) is 20.6 Å². The maximum absolute atomic E-state index is 5.55. The van der Waals surface area contributed by atoms with Crippen molar-refractivity contribution in [3.05, 3.63) is 58.4 Å². The number of aromatic nitrogens is 2. The molecule has 3 rings (SSSR count). The molecule has 1 aromatic carbocycles. The maximum atomic E-state index is 5.55. The molecule has 136 valence electrons.